The zero-order valence-electron chi connectivity index (χ0n) is 15.0. The van der Waals surface area contributed by atoms with Gasteiger partial charge in [0.1, 0.15) is 0 Å². The van der Waals surface area contributed by atoms with Gasteiger partial charge in [-0.2, -0.15) is 0 Å². The summed E-state index contributed by atoms with van der Waals surface area (Å²) >= 11 is 0. The second kappa shape index (κ2) is 7.38. The van der Waals surface area contributed by atoms with Crippen LogP contribution in [-0.4, -0.2) is 11.5 Å². The molecule has 2 aromatic carbocycles. The molecule has 0 saturated carbocycles. The smallest absolute Gasteiger partial charge is 0.0709 e. The fourth-order valence-electron chi connectivity index (χ4n) is 4.68. The first-order valence-corrected chi connectivity index (χ1v) is 9.63. The van der Waals surface area contributed by atoms with Crippen LogP contribution in [0.5, 0.6) is 0 Å². The van der Waals surface area contributed by atoms with E-state index in [-0.39, 0.29) is 12.4 Å². The van der Waals surface area contributed by atoms with Gasteiger partial charge in [0.25, 0.3) is 0 Å². The van der Waals surface area contributed by atoms with Gasteiger partial charge in [-0.1, -0.05) is 48.9 Å². The van der Waals surface area contributed by atoms with Crippen molar-refractivity contribution in [1.82, 2.24) is 10.3 Å². The molecule has 0 amide bonds. The van der Waals surface area contributed by atoms with Gasteiger partial charge in [-0.3, -0.25) is 4.98 Å². The number of pyridine rings is 1. The molecule has 1 aliphatic heterocycles. The Morgan fingerprint density at radius 3 is 2.62 bits per heavy atom. The molecule has 1 atom stereocenters. The molecule has 3 aromatic rings. The van der Waals surface area contributed by atoms with Crippen LogP contribution in [0.15, 0.2) is 48.5 Å². The third-order valence-electron chi connectivity index (χ3n) is 5.86. The van der Waals surface area contributed by atoms with Crippen LogP contribution in [0.2, 0.25) is 0 Å². The number of nitrogens with one attached hydrogen (secondary N) is 1. The first-order valence-electron chi connectivity index (χ1n) is 9.63. The Balaban J connectivity index is 0.00000168. The van der Waals surface area contributed by atoms with Crippen LogP contribution in [0.3, 0.4) is 0 Å². The number of aromatic nitrogens is 1. The fraction of sp³-hybridized carbons (Fsp3) is 0.348. The minimum Gasteiger partial charge on any atom is -0.306 e. The monoisotopic (exact) mass is 364 g/mol. The van der Waals surface area contributed by atoms with Gasteiger partial charge in [0.05, 0.1) is 11.6 Å². The molecule has 0 fully saturated rings. The van der Waals surface area contributed by atoms with E-state index in [9.17, 15) is 0 Å². The molecule has 0 spiro atoms. The van der Waals surface area contributed by atoms with Crippen molar-refractivity contribution >= 4 is 23.3 Å². The van der Waals surface area contributed by atoms with Crippen LogP contribution in [0, 0.1) is 0 Å². The standard InChI is InChI=1S/C23H24N2.ClH/c1-2-10-18-20(12-3-1)25-21-13-7-6-11-19(21)22(18)23-17-9-5-4-8-16(17)14-15-24-23;/h4-9,11,13,23-24H,1-3,10,12,14-15H2;1H. The summed E-state index contributed by atoms with van der Waals surface area (Å²) in [6.45, 7) is 1.05. The molecule has 134 valence electrons. The van der Waals surface area contributed by atoms with Crippen molar-refractivity contribution in [3.63, 3.8) is 0 Å². The van der Waals surface area contributed by atoms with Crippen LogP contribution < -0.4 is 5.32 Å². The molecule has 1 aromatic heterocycles. The van der Waals surface area contributed by atoms with E-state index in [0.717, 1.165) is 24.9 Å². The van der Waals surface area contributed by atoms with Crippen molar-refractivity contribution < 1.29 is 0 Å². The van der Waals surface area contributed by atoms with E-state index in [1.54, 1.807) is 0 Å². The normalized spacial score (nSPS) is 19.2. The highest BCUT2D eigenvalue weighted by atomic mass is 35.5. The van der Waals surface area contributed by atoms with E-state index in [1.807, 2.05) is 0 Å². The summed E-state index contributed by atoms with van der Waals surface area (Å²) in [7, 11) is 0. The lowest BCUT2D eigenvalue weighted by molar-refractivity contribution is 0.565. The molecule has 26 heavy (non-hydrogen) atoms. The highest BCUT2D eigenvalue weighted by molar-refractivity contribution is 5.85. The predicted octanol–water partition coefficient (Wildman–Crippen LogP) is 5.16. The van der Waals surface area contributed by atoms with E-state index in [4.69, 9.17) is 4.98 Å². The Labute approximate surface area is 161 Å². The lowest BCUT2D eigenvalue weighted by Crippen LogP contribution is -2.31. The number of hydrogen-bond donors (Lipinski definition) is 1. The van der Waals surface area contributed by atoms with Crippen LogP contribution in [0.4, 0.5) is 0 Å². The topological polar surface area (TPSA) is 24.9 Å². The van der Waals surface area contributed by atoms with Crippen molar-refractivity contribution in [2.24, 2.45) is 0 Å². The first kappa shape index (κ1) is 17.5. The maximum atomic E-state index is 5.06. The molecule has 2 aliphatic rings. The van der Waals surface area contributed by atoms with Gasteiger partial charge in [0.2, 0.25) is 0 Å². The molecule has 5 rings (SSSR count). The molecule has 0 bridgehead atoms. The van der Waals surface area contributed by atoms with Crippen molar-refractivity contribution in [1.29, 1.82) is 0 Å². The van der Waals surface area contributed by atoms with Gasteiger partial charge in [0.15, 0.2) is 0 Å². The second-order valence-corrected chi connectivity index (χ2v) is 7.36. The van der Waals surface area contributed by atoms with Gasteiger partial charge in [-0.15, -0.1) is 12.4 Å². The molecular formula is C23H25ClN2. The predicted molar refractivity (Wildman–Crippen MR) is 110 cm³/mol. The van der Waals surface area contributed by atoms with Gasteiger partial charge in [0, 0.05) is 17.6 Å². The molecular weight excluding hydrogens is 340 g/mol. The van der Waals surface area contributed by atoms with Crippen molar-refractivity contribution in [2.75, 3.05) is 6.54 Å². The van der Waals surface area contributed by atoms with Crippen LogP contribution in [0.25, 0.3) is 10.9 Å². The zero-order chi connectivity index (χ0) is 16.6. The molecule has 1 N–H and O–H groups in total. The summed E-state index contributed by atoms with van der Waals surface area (Å²) < 4.78 is 0. The Morgan fingerprint density at radius 2 is 1.65 bits per heavy atom. The largest absolute Gasteiger partial charge is 0.306 e. The Kier molecular flexibility index (Phi) is 4.97. The van der Waals surface area contributed by atoms with Crippen LogP contribution in [0.1, 0.15) is 53.3 Å². The summed E-state index contributed by atoms with van der Waals surface area (Å²) in [6.07, 6.45) is 7.30. The van der Waals surface area contributed by atoms with Crippen LogP contribution in [-0.2, 0) is 19.3 Å². The minimum atomic E-state index is 0. The number of halogens is 1. The van der Waals surface area contributed by atoms with E-state index >= 15 is 0 Å². The second-order valence-electron chi connectivity index (χ2n) is 7.36. The maximum Gasteiger partial charge on any atom is 0.0709 e. The van der Waals surface area contributed by atoms with Crippen LogP contribution >= 0.6 is 12.4 Å². The van der Waals surface area contributed by atoms with Gasteiger partial charge in [-0.25, -0.2) is 0 Å². The average Bonchev–Trinajstić information content (AvgIpc) is 2.91. The first-order chi connectivity index (χ1) is 12.4. The number of benzene rings is 2. The Bertz CT molecular complexity index is 935. The van der Waals surface area contributed by atoms with Gasteiger partial charge in [-0.05, 0) is 60.4 Å². The summed E-state index contributed by atoms with van der Waals surface area (Å²) in [6, 6.07) is 18.0. The third kappa shape index (κ3) is 2.91. The highest BCUT2D eigenvalue weighted by Crippen LogP contribution is 2.37. The third-order valence-corrected chi connectivity index (χ3v) is 5.86. The summed E-state index contributed by atoms with van der Waals surface area (Å²) in [5, 5.41) is 5.16. The van der Waals surface area contributed by atoms with Crippen molar-refractivity contribution in [2.45, 2.75) is 44.6 Å². The molecule has 1 aliphatic carbocycles. The lowest BCUT2D eigenvalue weighted by Gasteiger charge is -2.30. The van der Waals surface area contributed by atoms with Gasteiger partial charge < -0.3 is 5.32 Å². The zero-order valence-corrected chi connectivity index (χ0v) is 15.8. The molecule has 2 nitrogen and oxygen atoms in total. The molecule has 2 heterocycles. The number of rotatable bonds is 1. The van der Waals surface area contributed by atoms with Gasteiger partial charge >= 0.3 is 0 Å². The number of nitrogens with zero attached hydrogens (tertiary/aromatic N) is 1. The van der Waals surface area contributed by atoms with E-state index in [2.05, 4.69) is 53.8 Å². The molecule has 0 saturated heterocycles. The number of aryl methyl sites for hydroxylation is 1. The molecule has 3 heteroatoms. The summed E-state index contributed by atoms with van der Waals surface area (Å²) in [5.74, 6) is 0. The highest BCUT2D eigenvalue weighted by Gasteiger charge is 2.27. The number of para-hydroxylation sites is 1. The molecule has 0 radical (unpaired) electrons. The average molecular weight is 365 g/mol. The Hall–Kier alpha value is -1.90. The summed E-state index contributed by atoms with van der Waals surface area (Å²) in [4.78, 5) is 5.06. The lowest BCUT2D eigenvalue weighted by atomic mass is 9.84. The summed E-state index contributed by atoms with van der Waals surface area (Å²) in [5.41, 5.74) is 8.46. The number of hydrogen-bond acceptors (Lipinski definition) is 2. The SMILES string of the molecule is Cl.c1ccc2c(c1)CCNC2c1c2c(nc3ccccc13)CCCCC2. The van der Waals surface area contributed by atoms with Crippen molar-refractivity contribution in [3.05, 3.63) is 76.5 Å². The van der Waals surface area contributed by atoms with E-state index in [0.29, 0.717) is 6.04 Å². The minimum absolute atomic E-state index is 0. The quantitative estimate of drug-likeness (QED) is 0.603. The Morgan fingerprint density at radius 1 is 0.846 bits per heavy atom. The maximum absolute atomic E-state index is 5.06. The molecule has 1 unspecified atom stereocenters. The fourth-order valence-corrected chi connectivity index (χ4v) is 4.68. The van der Waals surface area contributed by atoms with E-state index < -0.39 is 0 Å². The number of fused-ring (bicyclic) bond motifs is 3. The van der Waals surface area contributed by atoms with E-state index in [1.165, 1.54) is 59.0 Å². The van der Waals surface area contributed by atoms with Crippen molar-refractivity contribution in [3.8, 4) is 0 Å².